The molecule has 2 aromatic carbocycles. The highest BCUT2D eigenvalue weighted by atomic mass is 19.1. The Morgan fingerprint density at radius 1 is 1.00 bits per heavy atom. The minimum absolute atomic E-state index is 0.198. The minimum atomic E-state index is -0.816. The van der Waals surface area contributed by atoms with E-state index in [-0.39, 0.29) is 17.4 Å². The second kappa shape index (κ2) is 12.6. The van der Waals surface area contributed by atoms with E-state index < -0.39 is 23.7 Å². The van der Waals surface area contributed by atoms with Crippen LogP contribution in [-0.4, -0.2) is 43.5 Å². The third kappa shape index (κ3) is 7.77. The first-order valence-corrected chi connectivity index (χ1v) is 10.6. The van der Waals surface area contributed by atoms with E-state index in [1.807, 2.05) is 6.92 Å². The summed E-state index contributed by atoms with van der Waals surface area (Å²) >= 11 is 0. The van der Waals surface area contributed by atoms with Gasteiger partial charge in [0.05, 0.1) is 0 Å². The lowest BCUT2D eigenvalue weighted by Gasteiger charge is -2.22. The fourth-order valence-electron chi connectivity index (χ4n) is 2.94. The summed E-state index contributed by atoms with van der Waals surface area (Å²) in [6, 6.07) is 10.9. The Morgan fingerprint density at radius 2 is 1.72 bits per heavy atom. The molecule has 172 valence electrons. The molecule has 3 amide bonds. The molecule has 0 aliphatic carbocycles. The lowest BCUT2D eigenvalue weighted by molar-refractivity contribution is -0.118. The third-order valence-corrected chi connectivity index (χ3v) is 4.69. The predicted molar refractivity (Wildman–Crippen MR) is 121 cm³/mol. The molecule has 7 nitrogen and oxygen atoms in total. The van der Waals surface area contributed by atoms with Crippen molar-refractivity contribution >= 4 is 23.4 Å². The molecule has 0 aliphatic rings. The number of hydrogen-bond acceptors (Lipinski definition) is 4. The number of halogens is 1. The van der Waals surface area contributed by atoms with Gasteiger partial charge in [0.2, 0.25) is 5.91 Å². The Hall–Kier alpha value is -3.26. The van der Waals surface area contributed by atoms with E-state index in [0.29, 0.717) is 37.4 Å². The number of nitrogens with one attached hydrogen (secondary N) is 3. The smallest absolute Gasteiger partial charge is 0.251 e. The Balaban J connectivity index is 1.99. The van der Waals surface area contributed by atoms with Crippen LogP contribution < -0.4 is 16.0 Å². The number of amides is 3. The molecule has 1 unspecified atom stereocenters. The first kappa shape index (κ1) is 25.0. The van der Waals surface area contributed by atoms with Crippen molar-refractivity contribution in [3.63, 3.8) is 0 Å². The number of anilines is 1. The van der Waals surface area contributed by atoms with Crippen LogP contribution in [0.15, 0.2) is 48.5 Å². The largest absolute Gasteiger partial charge is 0.382 e. The SMILES string of the molecule is CCOCCCNC(=O)c1cccc(NC(=O)C(NC(=O)c2ccc(F)cc2)C(C)C)c1. The van der Waals surface area contributed by atoms with Crippen LogP contribution in [-0.2, 0) is 9.53 Å². The molecular weight excluding hydrogens is 413 g/mol. The maximum atomic E-state index is 13.1. The summed E-state index contributed by atoms with van der Waals surface area (Å²) in [6.07, 6.45) is 0.708. The Morgan fingerprint density at radius 3 is 2.38 bits per heavy atom. The van der Waals surface area contributed by atoms with Crippen LogP contribution in [0, 0.1) is 11.7 Å². The monoisotopic (exact) mass is 443 g/mol. The van der Waals surface area contributed by atoms with Gasteiger partial charge in [-0.25, -0.2) is 4.39 Å². The van der Waals surface area contributed by atoms with Gasteiger partial charge < -0.3 is 20.7 Å². The van der Waals surface area contributed by atoms with Crippen LogP contribution in [0.1, 0.15) is 47.9 Å². The highest BCUT2D eigenvalue weighted by molar-refractivity contribution is 6.02. The van der Waals surface area contributed by atoms with Gasteiger partial charge in [-0.3, -0.25) is 14.4 Å². The van der Waals surface area contributed by atoms with Gasteiger partial charge >= 0.3 is 0 Å². The average Bonchev–Trinajstić information content (AvgIpc) is 2.77. The summed E-state index contributed by atoms with van der Waals surface area (Å²) in [5.74, 6) is -1.78. The molecule has 0 aromatic heterocycles. The molecule has 0 heterocycles. The van der Waals surface area contributed by atoms with Crippen LogP contribution in [0.3, 0.4) is 0 Å². The van der Waals surface area contributed by atoms with Crippen LogP contribution in [0.25, 0.3) is 0 Å². The highest BCUT2D eigenvalue weighted by Crippen LogP contribution is 2.14. The number of hydrogen-bond donors (Lipinski definition) is 3. The molecule has 0 spiro atoms. The molecule has 0 bridgehead atoms. The van der Waals surface area contributed by atoms with Gasteiger partial charge in [0.1, 0.15) is 11.9 Å². The van der Waals surface area contributed by atoms with Crippen molar-refractivity contribution < 1.29 is 23.5 Å². The van der Waals surface area contributed by atoms with E-state index in [1.165, 1.54) is 24.3 Å². The zero-order valence-corrected chi connectivity index (χ0v) is 18.6. The van der Waals surface area contributed by atoms with E-state index in [9.17, 15) is 18.8 Å². The third-order valence-electron chi connectivity index (χ3n) is 4.69. The average molecular weight is 444 g/mol. The first-order chi connectivity index (χ1) is 15.3. The van der Waals surface area contributed by atoms with Crippen LogP contribution in [0.2, 0.25) is 0 Å². The summed E-state index contributed by atoms with van der Waals surface area (Å²) < 4.78 is 18.3. The van der Waals surface area contributed by atoms with Gasteiger partial charge in [-0.05, 0) is 61.7 Å². The van der Waals surface area contributed by atoms with Gasteiger partial charge in [-0.2, -0.15) is 0 Å². The number of benzene rings is 2. The van der Waals surface area contributed by atoms with Crippen LogP contribution in [0.5, 0.6) is 0 Å². The van der Waals surface area contributed by atoms with Gasteiger partial charge in [0, 0.05) is 36.6 Å². The molecule has 32 heavy (non-hydrogen) atoms. The number of ether oxygens (including phenoxy) is 1. The lowest BCUT2D eigenvalue weighted by atomic mass is 10.0. The number of carbonyl (C=O) groups excluding carboxylic acids is 3. The van der Waals surface area contributed by atoms with Crippen molar-refractivity contribution in [1.82, 2.24) is 10.6 Å². The first-order valence-electron chi connectivity index (χ1n) is 10.6. The fraction of sp³-hybridized carbons (Fsp3) is 0.375. The summed E-state index contributed by atoms with van der Waals surface area (Å²) in [6.45, 7) is 7.23. The molecule has 0 saturated heterocycles. The van der Waals surface area contributed by atoms with Gasteiger partial charge in [-0.1, -0.05) is 19.9 Å². The van der Waals surface area contributed by atoms with Gasteiger partial charge in [-0.15, -0.1) is 0 Å². The van der Waals surface area contributed by atoms with Crippen molar-refractivity contribution in [2.75, 3.05) is 25.1 Å². The Kier molecular flexibility index (Phi) is 9.81. The minimum Gasteiger partial charge on any atom is -0.382 e. The van der Waals surface area contributed by atoms with Gasteiger partial charge in [0.25, 0.3) is 11.8 Å². The van der Waals surface area contributed by atoms with Crippen LogP contribution >= 0.6 is 0 Å². The predicted octanol–water partition coefficient (Wildman–Crippen LogP) is 3.38. The molecule has 0 fully saturated rings. The molecule has 1 atom stereocenters. The van der Waals surface area contributed by atoms with E-state index >= 15 is 0 Å². The highest BCUT2D eigenvalue weighted by Gasteiger charge is 2.25. The maximum Gasteiger partial charge on any atom is 0.251 e. The summed E-state index contributed by atoms with van der Waals surface area (Å²) in [7, 11) is 0. The van der Waals surface area contributed by atoms with Crippen LogP contribution in [0.4, 0.5) is 10.1 Å². The lowest BCUT2D eigenvalue weighted by Crippen LogP contribution is -2.47. The van der Waals surface area contributed by atoms with Crippen molar-refractivity contribution in [3.05, 3.63) is 65.5 Å². The van der Waals surface area contributed by atoms with Crippen molar-refractivity contribution in [2.24, 2.45) is 5.92 Å². The molecule has 2 rings (SSSR count). The Bertz CT molecular complexity index is 916. The Labute approximate surface area is 187 Å². The molecule has 0 saturated carbocycles. The summed E-state index contributed by atoms with van der Waals surface area (Å²) in [4.78, 5) is 37.6. The standard InChI is InChI=1S/C24H30FN3O4/c1-4-32-14-6-13-26-22(29)18-7-5-8-20(15-18)27-24(31)21(16(2)3)28-23(30)17-9-11-19(25)12-10-17/h5,7-12,15-16,21H,4,6,13-14H2,1-3H3,(H,26,29)(H,27,31)(H,28,30). The second-order valence-corrected chi connectivity index (χ2v) is 7.58. The van der Waals surface area contributed by atoms with Crippen molar-refractivity contribution in [1.29, 1.82) is 0 Å². The number of rotatable bonds is 11. The molecule has 3 N–H and O–H groups in total. The molecule has 8 heteroatoms. The van der Waals surface area contributed by atoms with E-state index in [1.54, 1.807) is 38.1 Å². The zero-order valence-electron chi connectivity index (χ0n) is 18.6. The molecule has 0 aliphatic heterocycles. The van der Waals surface area contributed by atoms with Gasteiger partial charge in [0.15, 0.2) is 0 Å². The zero-order chi connectivity index (χ0) is 23.5. The van der Waals surface area contributed by atoms with E-state index in [4.69, 9.17) is 4.74 Å². The van der Waals surface area contributed by atoms with E-state index in [0.717, 1.165) is 0 Å². The van der Waals surface area contributed by atoms with E-state index in [2.05, 4.69) is 16.0 Å². The topological polar surface area (TPSA) is 96.5 Å². The summed E-state index contributed by atoms with van der Waals surface area (Å²) in [5.41, 5.74) is 1.11. The quantitative estimate of drug-likeness (QED) is 0.464. The number of carbonyl (C=O) groups is 3. The maximum absolute atomic E-state index is 13.1. The molecule has 2 aromatic rings. The second-order valence-electron chi connectivity index (χ2n) is 7.58. The molecule has 0 radical (unpaired) electrons. The fourth-order valence-corrected chi connectivity index (χ4v) is 2.94. The summed E-state index contributed by atoms with van der Waals surface area (Å²) in [5, 5.41) is 8.26. The molecular formula is C24H30FN3O4. The normalized spacial score (nSPS) is 11.7. The van der Waals surface area contributed by atoms with Crippen molar-refractivity contribution in [2.45, 2.75) is 33.2 Å². The van der Waals surface area contributed by atoms with Crippen molar-refractivity contribution in [3.8, 4) is 0 Å².